The van der Waals surface area contributed by atoms with Crippen LogP contribution in [0, 0.1) is 0 Å². The van der Waals surface area contributed by atoms with Crippen LogP contribution in [0.2, 0.25) is 0 Å². The summed E-state index contributed by atoms with van der Waals surface area (Å²) >= 11 is 0. The smallest absolute Gasteiger partial charge is 0.235 e. The SMILES string of the molecule is c1ccc([Si](c2ccccc2)(c2ccccc2)c2ccnc(-c3ccnc(-n4c5ccccc5c5ccccc54)n3)c2)cc1. The van der Waals surface area contributed by atoms with Crippen molar-refractivity contribution >= 4 is 50.6 Å². The number of benzene rings is 5. The van der Waals surface area contributed by atoms with Crippen LogP contribution >= 0.6 is 0 Å². The second-order valence-electron chi connectivity index (χ2n) is 10.9. The van der Waals surface area contributed by atoms with Gasteiger partial charge in [-0.2, -0.15) is 0 Å². The minimum atomic E-state index is -2.69. The van der Waals surface area contributed by atoms with Crippen molar-refractivity contribution in [1.29, 1.82) is 0 Å². The van der Waals surface area contributed by atoms with Crippen LogP contribution < -0.4 is 20.7 Å². The summed E-state index contributed by atoms with van der Waals surface area (Å²) < 4.78 is 2.15. The van der Waals surface area contributed by atoms with E-state index in [1.807, 2.05) is 18.5 Å². The topological polar surface area (TPSA) is 43.6 Å². The number of hydrogen-bond acceptors (Lipinski definition) is 3. The zero-order valence-electron chi connectivity index (χ0n) is 24.0. The van der Waals surface area contributed by atoms with E-state index < -0.39 is 8.07 Å². The standard InChI is InChI=1S/C39H28N4Si/c1-4-14-29(15-5-1)44(30-16-6-2-7-17-30,31-18-8-3-9-19-31)32-24-26-40-36(28-32)35-25-27-41-39(42-35)43-37-22-12-10-20-33(37)34-21-11-13-23-38(34)43/h1-28H. The first-order valence-electron chi connectivity index (χ1n) is 14.8. The molecule has 4 nitrogen and oxygen atoms in total. The average Bonchev–Trinajstić information content (AvgIpc) is 3.45. The van der Waals surface area contributed by atoms with E-state index >= 15 is 0 Å². The van der Waals surface area contributed by atoms with Gasteiger partial charge in [-0.05, 0) is 51.1 Å². The second-order valence-corrected chi connectivity index (χ2v) is 14.7. The number of hydrogen-bond donors (Lipinski definition) is 0. The molecule has 5 heteroatoms. The van der Waals surface area contributed by atoms with Crippen molar-refractivity contribution in [2.24, 2.45) is 0 Å². The molecule has 0 saturated heterocycles. The van der Waals surface area contributed by atoms with Gasteiger partial charge in [0.15, 0.2) is 8.07 Å². The van der Waals surface area contributed by atoms with Gasteiger partial charge in [0.05, 0.1) is 22.4 Å². The molecule has 0 N–H and O–H groups in total. The summed E-state index contributed by atoms with van der Waals surface area (Å²) in [6.45, 7) is 0. The van der Waals surface area contributed by atoms with E-state index in [0.29, 0.717) is 5.95 Å². The molecule has 0 bridgehead atoms. The van der Waals surface area contributed by atoms with E-state index in [-0.39, 0.29) is 0 Å². The summed E-state index contributed by atoms with van der Waals surface area (Å²) in [6, 6.07) is 56.1. The number of para-hydroxylation sites is 2. The molecule has 0 amide bonds. The lowest BCUT2D eigenvalue weighted by atomic mass is 10.2. The molecule has 3 heterocycles. The number of nitrogens with zero attached hydrogens (tertiary/aromatic N) is 4. The molecule has 0 aliphatic rings. The Balaban J connectivity index is 1.35. The molecule has 208 valence electrons. The zero-order valence-corrected chi connectivity index (χ0v) is 25.0. The Morgan fingerprint density at radius 2 is 0.886 bits per heavy atom. The van der Waals surface area contributed by atoms with Gasteiger partial charge < -0.3 is 0 Å². The molecule has 8 rings (SSSR count). The molecule has 0 fully saturated rings. The molecule has 0 unspecified atom stereocenters. The third-order valence-corrected chi connectivity index (χ3v) is 13.3. The van der Waals surface area contributed by atoms with Crippen molar-refractivity contribution in [3.05, 3.63) is 170 Å². The Bertz CT molecular complexity index is 2080. The van der Waals surface area contributed by atoms with Gasteiger partial charge in [-0.15, -0.1) is 0 Å². The minimum Gasteiger partial charge on any atom is -0.278 e. The van der Waals surface area contributed by atoms with Gasteiger partial charge >= 0.3 is 0 Å². The summed E-state index contributed by atoms with van der Waals surface area (Å²) in [5, 5.41) is 7.58. The molecule has 3 aromatic heterocycles. The maximum atomic E-state index is 5.13. The molecule has 5 aromatic carbocycles. The third-order valence-electron chi connectivity index (χ3n) is 8.50. The van der Waals surface area contributed by atoms with Gasteiger partial charge in [0, 0.05) is 23.2 Å². The van der Waals surface area contributed by atoms with Crippen molar-refractivity contribution in [2.45, 2.75) is 0 Å². The van der Waals surface area contributed by atoms with Crippen LogP contribution in [0.3, 0.4) is 0 Å². The predicted molar refractivity (Wildman–Crippen MR) is 183 cm³/mol. The lowest BCUT2D eigenvalue weighted by molar-refractivity contribution is 0.988. The monoisotopic (exact) mass is 580 g/mol. The fourth-order valence-electron chi connectivity index (χ4n) is 6.61. The predicted octanol–water partition coefficient (Wildman–Crippen LogP) is 6.01. The molecule has 0 aliphatic carbocycles. The highest BCUT2D eigenvalue weighted by Gasteiger charge is 2.41. The lowest BCUT2D eigenvalue weighted by Crippen LogP contribution is -2.74. The van der Waals surface area contributed by atoms with Gasteiger partial charge in [-0.1, -0.05) is 127 Å². The normalized spacial score (nSPS) is 11.6. The third kappa shape index (κ3) is 4.17. The maximum Gasteiger partial charge on any atom is 0.235 e. The molecule has 0 aliphatic heterocycles. The van der Waals surface area contributed by atoms with Crippen LogP contribution in [0.4, 0.5) is 0 Å². The number of pyridine rings is 1. The Labute approximate surface area is 257 Å². The van der Waals surface area contributed by atoms with Crippen molar-refractivity contribution in [1.82, 2.24) is 19.5 Å². The van der Waals surface area contributed by atoms with Gasteiger partial charge in [0.2, 0.25) is 5.95 Å². The van der Waals surface area contributed by atoms with E-state index in [2.05, 4.69) is 156 Å². The fraction of sp³-hybridized carbons (Fsp3) is 0. The summed E-state index contributed by atoms with van der Waals surface area (Å²) in [4.78, 5) is 14.8. The summed E-state index contributed by atoms with van der Waals surface area (Å²) in [5.74, 6) is 0.629. The molecular weight excluding hydrogens is 553 g/mol. The van der Waals surface area contributed by atoms with E-state index in [9.17, 15) is 0 Å². The second kappa shape index (κ2) is 10.9. The van der Waals surface area contributed by atoms with Crippen LogP contribution in [-0.4, -0.2) is 27.6 Å². The molecular formula is C39H28N4Si. The highest BCUT2D eigenvalue weighted by atomic mass is 28.3. The van der Waals surface area contributed by atoms with Crippen molar-refractivity contribution in [2.75, 3.05) is 0 Å². The Kier molecular flexibility index (Phi) is 6.43. The molecule has 0 radical (unpaired) electrons. The molecule has 44 heavy (non-hydrogen) atoms. The molecule has 0 atom stereocenters. The summed E-state index contributed by atoms with van der Waals surface area (Å²) in [6.07, 6.45) is 3.77. The van der Waals surface area contributed by atoms with E-state index in [4.69, 9.17) is 15.0 Å². The van der Waals surface area contributed by atoms with Gasteiger partial charge in [0.1, 0.15) is 0 Å². The molecule has 8 aromatic rings. The van der Waals surface area contributed by atoms with Gasteiger partial charge in [0.25, 0.3) is 0 Å². The number of aromatic nitrogens is 4. The highest BCUT2D eigenvalue weighted by Crippen LogP contribution is 2.31. The lowest BCUT2D eigenvalue weighted by Gasteiger charge is -2.34. The van der Waals surface area contributed by atoms with Crippen LogP contribution in [0.15, 0.2) is 170 Å². The molecule has 0 saturated carbocycles. The first-order valence-corrected chi connectivity index (χ1v) is 16.8. The minimum absolute atomic E-state index is 0.629. The largest absolute Gasteiger partial charge is 0.278 e. The quantitative estimate of drug-likeness (QED) is 0.179. The van der Waals surface area contributed by atoms with Crippen LogP contribution in [0.25, 0.3) is 39.1 Å². The van der Waals surface area contributed by atoms with E-state index in [1.54, 1.807) is 0 Å². The Morgan fingerprint density at radius 1 is 0.409 bits per heavy atom. The number of fused-ring (bicyclic) bond motifs is 3. The zero-order chi connectivity index (χ0) is 29.3. The van der Waals surface area contributed by atoms with Crippen molar-refractivity contribution in [3.8, 4) is 17.3 Å². The van der Waals surface area contributed by atoms with Crippen LogP contribution in [0.1, 0.15) is 0 Å². The van der Waals surface area contributed by atoms with Crippen molar-refractivity contribution in [3.63, 3.8) is 0 Å². The molecule has 0 spiro atoms. The Hall–Kier alpha value is -5.65. The van der Waals surface area contributed by atoms with Gasteiger partial charge in [-0.3, -0.25) is 9.55 Å². The first-order chi connectivity index (χ1) is 21.8. The van der Waals surface area contributed by atoms with Gasteiger partial charge in [-0.25, -0.2) is 9.97 Å². The van der Waals surface area contributed by atoms with E-state index in [1.165, 1.54) is 31.5 Å². The van der Waals surface area contributed by atoms with Crippen LogP contribution in [0.5, 0.6) is 0 Å². The number of rotatable bonds is 6. The van der Waals surface area contributed by atoms with Crippen molar-refractivity contribution < 1.29 is 0 Å². The Morgan fingerprint density at radius 3 is 1.43 bits per heavy atom. The van der Waals surface area contributed by atoms with E-state index in [0.717, 1.165) is 22.4 Å². The summed E-state index contributed by atoms with van der Waals surface area (Å²) in [5.41, 5.74) is 3.77. The maximum absolute atomic E-state index is 5.13. The van der Waals surface area contributed by atoms with Crippen LogP contribution in [-0.2, 0) is 0 Å². The summed E-state index contributed by atoms with van der Waals surface area (Å²) in [7, 11) is -2.69. The first kappa shape index (κ1) is 26.0. The highest BCUT2D eigenvalue weighted by molar-refractivity contribution is 7.19. The fourth-order valence-corrected chi connectivity index (χ4v) is 11.4. The average molecular weight is 581 g/mol.